The summed E-state index contributed by atoms with van der Waals surface area (Å²) in [6.07, 6.45) is 7.12. The van der Waals surface area contributed by atoms with Crippen molar-refractivity contribution in [3.05, 3.63) is 29.6 Å². The summed E-state index contributed by atoms with van der Waals surface area (Å²) in [7, 11) is 2.20. The van der Waals surface area contributed by atoms with Crippen molar-refractivity contribution in [1.29, 1.82) is 0 Å². The lowest BCUT2D eigenvalue weighted by Crippen LogP contribution is -2.47. The zero-order chi connectivity index (χ0) is 14.8. The molecule has 0 spiro atoms. The zero-order valence-corrected chi connectivity index (χ0v) is 13.1. The molecule has 2 saturated heterocycles. The number of carbonyl (C=O) groups is 1. The Balaban J connectivity index is 1.67. The molecule has 2 atom stereocenters. The lowest BCUT2D eigenvalue weighted by Gasteiger charge is -2.33. The molecule has 1 amide bonds. The predicted molar refractivity (Wildman–Crippen MR) is 83.1 cm³/mol. The maximum atomic E-state index is 12.7. The number of rotatable bonds is 3. The summed E-state index contributed by atoms with van der Waals surface area (Å²) in [6, 6.07) is 4.98. The van der Waals surface area contributed by atoms with Crippen molar-refractivity contribution >= 4 is 5.91 Å². The molecule has 0 saturated carbocycles. The topological polar surface area (TPSA) is 36.4 Å². The highest BCUT2D eigenvalue weighted by Gasteiger charge is 2.38. The van der Waals surface area contributed by atoms with E-state index >= 15 is 0 Å². The first-order chi connectivity index (χ1) is 10.1. The zero-order valence-electron chi connectivity index (χ0n) is 13.1. The van der Waals surface area contributed by atoms with E-state index in [-0.39, 0.29) is 5.91 Å². The van der Waals surface area contributed by atoms with Gasteiger partial charge in [-0.05, 0) is 57.8 Å². The van der Waals surface area contributed by atoms with Crippen molar-refractivity contribution in [2.45, 2.75) is 51.1 Å². The SMILES string of the molecule is Cc1ccc(CC(=O)N2CCC[C@@H]2[C@H]2CCCN2C)cn1. The molecule has 0 N–H and O–H groups in total. The molecule has 0 radical (unpaired) electrons. The third kappa shape index (κ3) is 3.10. The standard InChI is InChI=1S/C17H25N3O/c1-13-7-8-14(12-18-13)11-17(21)20-10-4-6-16(20)15-5-3-9-19(15)2/h7-8,12,15-16H,3-6,9-11H2,1-2H3/t15-,16-/m1/s1. The first kappa shape index (κ1) is 14.5. The van der Waals surface area contributed by atoms with Crippen LogP contribution >= 0.6 is 0 Å². The van der Waals surface area contributed by atoms with Gasteiger partial charge in [0.15, 0.2) is 0 Å². The van der Waals surface area contributed by atoms with Gasteiger partial charge in [-0.2, -0.15) is 0 Å². The van der Waals surface area contributed by atoms with Crippen LogP contribution < -0.4 is 0 Å². The summed E-state index contributed by atoms with van der Waals surface area (Å²) in [4.78, 5) is 21.5. The Bertz CT molecular complexity index is 499. The average molecular weight is 287 g/mol. The van der Waals surface area contributed by atoms with Crippen LogP contribution in [0.3, 0.4) is 0 Å². The Kier molecular flexibility index (Phi) is 4.24. The van der Waals surface area contributed by atoms with Crippen LogP contribution in [0.4, 0.5) is 0 Å². The number of hydrogen-bond donors (Lipinski definition) is 0. The van der Waals surface area contributed by atoms with E-state index in [0.717, 1.165) is 30.6 Å². The van der Waals surface area contributed by atoms with Gasteiger partial charge in [-0.25, -0.2) is 0 Å². The van der Waals surface area contributed by atoms with Crippen LogP contribution in [0.25, 0.3) is 0 Å². The fraction of sp³-hybridized carbons (Fsp3) is 0.647. The number of nitrogens with zero attached hydrogens (tertiary/aromatic N) is 3. The smallest absolute Gasteiger partial charge is 0.227 e. The first-order valence-electron chi connectivity index (χ1n) is 8.06. The number of likely N-dealkylation sites (N-methyl/N-ethyl adjacent to an activating group) is 1. The van der Waals surface area contributed by atoms with Gasteiger partial charge in [0.2, 0.25) is 5.91 Å². The van der Waals surface area contributed by atoms with Gasteiger partial charge in [-0.15, -0.1) is 0 Å². The lowest BCUT2D eigenvalue weighted by atomic mass is 10.0. The molecule has 3 heterocycles. The monoisotopic (exact) mass is 287 g/mol. The second-order valence-corrected chi connectivity index (χ2v) is 6.47. The number of aryl methyl sites for hydroxylation is 1. The molecule has 2 aliphatic heterocycles. The van der Waals surface area contributed by atoms with Crippen molar-refractivity contribution in [3.8, 4) is 0 Å². The number of pyridine rings is 1. The summed E-state index contributed by atoms with van der Waals surface area (Å²) in [5.41, 5.74) is 2.02. The molecule has 4 heteroatoms. The summed E-state index contributed by atoms with van der Waals surface area (Å²) in [5, 5.41) is 0. The molecular weight excluding hydrogens is 262 g/mol. The molecule has 114 valence electrons. The Morgan fingerprint density at radius 2 is 2.00 bits per heavy atom. The van der Waals surface area contributed by atoms with Gasteiger partial charge in [0.05, 0.1) is 6.42 Å². The average Bonchev–Trinajstić information content (AvgIpc) is 3.09. The van der Waals surface area contributed by atoms with Gasteiger partial charge < -0.3 is 9.80 Å². The van der Waals surface area contributed by atoms with E-state index < -0.39 is 0 Å². The highest BCUT2D eigenvalue weighted by atomic mass is 16.2. The van der Waals surface area contributed by atoms with Crippen molar-refractivity contribution in [3.63, 3.8) is 0 Å². The molecule has 1 aromatic heterocycles. The van der Waals surface area contributed by atoms with E-state index in [1.165, 1.54) is 19.4 Å². The summed E-state index contributed by atoms with van der Waals surface area (Å²) in [5.74, 6) is 0.267. The molecule has 3 rings (SSSR count). The van der Waals surface area contributed by atoms with Crippen LogP contribution in [0, 0.1) is 6.92 Å². The van der Waals surface area contributed by atoms with E-state index in [1.54, 1.807) is 0 Å². The van der Waals surface area contributed by atoms with Gasteiger partial charge in [-0.3, -0.25) is 9.78 Å². The molecule has 21 heavy (non-hydrogen) atoms. The number of likely N-dealkylation sites (tertiary alicyclic amines) is 2. The number of amides is 1. The van der Waals surface area contributed by atoms with Crippen LogP contribution in [0.2, 0.25) is 0 Å². The molecule has 0 bridgehead atoms. The van der Waals surface area contributed by atoms with Crippen LogP contribution in [-0.2, 0) is 11.2 Å². The Morgan fingerprint density at radius 3 is 2.67 bits per heavy atom. The van der Waals surface area contributed by atoms with E-state index in [0.29, 0.717) is 18.5 Å². The summed E-state index contributed by atoms with van der Waals surface area (Å²) in [6.45, 7) is 4.07. The number of carbonyl (C=O) groups excluding carboxylic acids is 1. The minimum absolute atomic E-state index is 0.267. The highest BCUT2D eigenvalue weighted by molar-refractivity contribution is 5.79. The fourth-order valence-electron chi connectivity index (χ4n) is 3.80. The minimum atomic E-state index is 0.267. The van der Waals surface area contributed by atoms with Crippen LogP contribution in [0.5, 0.6) is 0 Å². The van der Waals surface area contributed by atoms with Crippen molar-refractivity contribution in [2.75, 3.05) is 20.1 Å². The van der Waals surface area contributed by atoms with Gasteiger partial charge in [-0.1, -0.05) is 6.07 Å². The van der Waals surface area contributed by atoms with E-state index in [2.05, 4.69) is 21.8 Å². The third-order valence-electron chi connectivity index (χ3n) is 4.97. The molecule has 2 aliphatic rings. The Hall–Kier alpha value is -1.42. The van der Waals surface area contributed by atoms with Crippen molar-refractivity contribution < 1.29 is 4.79 Å². The Labute approximate surface area is 127 Å². The second kappa shape index (κ2) is 6.14. The Morgan fingerprint density at radius 1 is 1.24 bits per heavy atom. The van der Waals surface area contributed by atoms with Gasteiger partial charge >= 0.3 is 0 Å². The quantitative estimate of drug-likeness (QED) is 0.853. The highest BCUT2D eigenvalue weighted by Crippen LogP contribution is 2.29. The fourth-order valence-corrected chi connectivity index (χ4v) is 3.80. The minimum Gasteiger partial charge on any atom is -0.338 e. The molecule has 0 aromatic carbocycles. The molecule has 4 nitrogen and oxygen atoms in total. The predicted octanol–water partition coefficient (Wildman–Crippen LogP) is 2.02. The maximum Gasteiger partial charge on any atom is 0.227 e. The third-order valence-corrected chi connectivity index (χ3v) is 4.97. The van der Waals surface area contributed by atoms with E-state index in [4.69, 9.17) is 0 Å². The van der Waals surface area contributed by atoms with Crippen molar-refractivity contribution in [1.82, 2.24) is 14.8 Å². The van der Waals surface area contributed by atoms with Crippen molar-refractivity contribution in [2.24, 2.45) is 0 Å². The van der Waals surface area contributed by atoms with Gasteiger partial charge in [0, 0.05) is 30.5 Å². The number of hydrogen-bond acceptors (Lipinski definition) is 3. The summed E-state index contributed by atoms with van der Waals surface area (Å²) >= 11 is 0. The second-order valence-electron chi connectivity index (χ2n) is 6.47. The largest absolute Gasteiger partial charge is 0.338 e. The molecule has 1 aromatic rings. The molecule has 2 fully saturated rings. The molecule has 0 unspecified atom stereocenters. The van der Waals surface area contributed by atoms with Gasteiger partial charge in [0.25, 0.3) is 0 Å². The number of aromatic nitrogens is 1. The molecule has 0 aliphatic carbocycles. The first-order valence-corrected chi connectivity index (χ1v) is 8.06. The van der Waals surface area contributed by atoms with Gasteiger partial charge in [0.1, 0.15) is 0 Å². The lowest BCUT2D eigenvalue weighted by molar-refractivity contribution is -0.132. The molecular formula is C17H25N3O. The van der Waals surface area contributed by atoms with Crippen LogP contribution in [0.1, 0.15) is 36.9 Å². The normalized spacial score (nSPS) is 26.5. The van der Waals surface area contributed by atoms with E-state index in [1.807, 2.05) is 25.3 Å². The van der Waals surface area contributed by atoms with Crippen LogP contribution in [0.15, 0.2) is 18.3 Å². The van der Waals surface area contributed by atoms with E-state index in [9.17, 15) is 4.79 Å². The van der Waals surface area contributed by atoms with Crippen LogP contribution in [-0.4, -0.2) is 52.9 Å². The summed E-state index contributed by atoms with van der Waals surface area (Å²) < 4.78 is 0. The maximum absolute atomic E-state index is 12.7.